The van der Waals surface area contributed by atoms with Crippen LogP contribution in [0, 0.1) is 0 Å². The minimum Gasteiger partial charge on any atom is -0.368 e. The second-order valence-electron chi connectivity index (χ2n) is 6.51. The van der Waals surface area contributed by atoms with Gasteiger partial charge in [-0.1, -0.05) is 18.2 Å². The second-order valence-corrected chi connectivity index (χ2v) is 6.51. The van der Waals surface area contributed by atoms with Crippen molar-refractivity contribution in [3.8, 4) is 0 Å². The van der Waals surface area contributed by atoms with Crippen molar-refractivity contribution in [3.63, 3.8) is 0 Å². The zero-order chi connectivity index (χ0) is 18.1. The molecule has 1 amide bonds. The summed E-state index contributed by atoms with van der Waals surface area (Å²) >= 11 is 0. The third-order valence-electron chi connectivity index (χ3n) is 4.94. The van der Waals surface area contributed by atoms with Crippen LogP contribution in [0.25, 0.3) is 5.52 Å². The summed E-state index contributed by atoms with van der Waals surface area (Å²) in [4.78, 5) is 29.5. The van der Waals surface area contributed by atoms with Gasteiger partial charge in [0.05, 0.1) is 0 Å². The van der Waals surface area contributed by atoms with Gasteiger partial charge in [-0.15, -0.1) is 0 Å². The van der Waals surface area contributed by atoms with E-state index in [0.29, 0.717) is 18.6 Å². The number of anilines is 1. The molecule has 0 aliphatic carbocycles. The number of aromatic nitrogens is 3. The van der Waals surface area contributed by atoms with E-state index < -0.39 is 6.04 Å². The summed E-state index contributed by atoms with van der Waals surface area (Å²) in [5, 5.41) is 4.17. The molecule has 134 valence electrons. The van der Waals surface area contributed by atoms with Crippen LogP contribution in [-0.2, 0) is 4.79 Å². The van der Waals surface area contributed by atoms with Crippen LogP contribution in [0.1, 0.15) is 13.0 Å². The number of nitrogens with zero attached hydrogens (tertiary/aromatic N) is 5. The van der Waals surface area contributed by atoms with Crippen molar-refractivity contribution in [3.05, 3.63) is 65.3 Å². The molecule has 7 nitrogen and oxygen atoms in total. The number of carbonyl (C=O) groups is 1. The van der Waals surface area contributed by atoms with Gasteiger partial charge in [0.2, 0.25) is 5.91 Å². The first-order valence-electron chi connectivity index (χ1n) is 8.78. The van der Waals surface area contributed by atoms with Gasteiger partial charge in [-0.2, -0.15) is 5.10 Å². The van der Waals surface area contributed by atoms with Crippen molar-refractivity contribution in [2.75, 3.05) is 31.1 Å². The van der Waals surface area contributed by atoms with Crippen molar-refractivity contribution in [1.29, 1.82) is 0 Å². The Bertz CT molecular complexity index is 970. The van der Waals surface area contributed by atoms with Crippen LogP contribution >= 0.6 is 0 Å². The van der Waals surface area contributed by atoms with Crippen molar-refractivity contribution in [2.24, 2.45) is 0 Å². The van der Waals surface area contributed by atoms with E-state index in [9.17, 15) is 9.59 Å². The van der Waals surface area contributed by atoms with Gasteiger partial charge in [-0.3, -0.25) is 9.59 Å². The van der Waals surface area contributed by atoms with E-state index in [1.807, 2.05) is 23.1 Å². The molecular weight excluding hydrogens is 330 g/mol. The molecule has 26 heavy (non-hydrogen) atoms. The topological polar surface area (TPSA) is 62.9 Å². The fourth-order valence-electron chi connectivity index (χ4n) is 3.43. The third kappa shape index (κ3) is 2.85. The van der Waals surface area contributed by atoms with Gasteiger partial charge in [-0.25, -0.2) is 4.68 Å². The highest BCUT2D eigenvalue weighted by Crippen LogP contribution is 2.17. The molecule has 1 unspecified atom stereocenters. The lowest BCUT2D eigenvalue weighted by Gasteiger charge is -2.37. The maximum atomic E-state index is 12.9. The highest BCUT2D eigenvalue weighted by molar-refractivity contribution is 5.80. The van der Waals surface area contributed by atoms with Gasteiger partial charge in [0, 0.05) is 38.1 Å². The number of amides is 1. The first-order valence-corrected chi connectivity index (χ1v) is 8.78. The summed E-state index contributed by atoms with van der Waals surface area (Å²) in [5.74, 6) is -0.0665. The monoisotopic (exact) mass is 351 g/mol. The van der Waals surface area contributed by atoms with Crippen LogP contribution in [0.4, 0.5) is 5.69 Å². The summed E-state index contributed by atoms with van der Waals surface area (Å²) in [7, 11) is 0. The van der Waals surface area contributed by atoms with Crippen LogP contribution in [-0.4, -0.2) is 51.2 Å². The van der Waals surface area contributed by atoms with E-state index in [4.69, 9.17) is 0 Å². The van der Waals surface area contributed by atoms with Crippen LogP contribution in [0.3, 0.4) is 0 Å². The molecule has 3 aromatic rings. The number of rotatable bonds is 3. The molecule has 0 bridgehead atoms. The number of hydrogen-bond acceptors (Lipinski definition) is 4. The Morgan fingerprint density at radius 2 is 1.77 bits per heavy atom. The summed E-state index contributed by atoms with van der Waals surface area (Å²) in [5.41, 5.74) is 1.44. The Labute approximate surface area is 151 Å². The fraction of sp³-hybridized carbons (Fsp3) is 0.316. The lowest BCUT2D eigenvalue weighted by atomic mass is 10.2. The Kier molecular flexibility index (Phi) is 4.20. The molecule has 0 N–H and O–H groups in total. The number of benzene rings is 1. The Balaban J connectivity index is 1.47. The number of piperazine rings is 1. The molecule has 1 aliphatic rings. The normalized spacial score (nSPS) is 16.0. The number of para-hydroxylation sites is 1. The second kappa shape index (κ2) is 6.67. The van der Waals surface area contributed by atoms with Crippen LogP contribution in [0.15, 0.2) is 59.8 Å². The standard InChI is InChI=1S/C19H21N5O2/c1-15(24-19(26)17-8-5-9-23(17)14-20-24)18(25)22-12-10-21(11-13-22)16-6-3-2-4-7-16/h2-9,14-15H,10-13H2,1H3. The zero-order valence-electron chi connectivity index (χ0n) is 14.7. The van der Waals surface area contributed by atoms with E-state index in [1.54, 1.807) is 36.0 Å². The maximum absolute atomic E-state index is 12.9. The molecule has 2 aromatic heterocycles. The van der Waals surface area contributed by atoms with Crippen molar-refractivity contribution in [2.45, 2.75) is 13.0 Å². The Morgan fingerprint density at radius 3 is 2.50 bits per heavy atom. The molecule has 1 aromatic carbocycles. The van der Waals surface area contributed by atoms with Crippen molar-refractivity contribution in [1.82, 2.24) is 19.1 Å². The van der Waals surface area contributed by atoms with Gasteiger partial charge in [0.1, 0.15) is 17.9 Å². The third-order valence-corrected chi connectivity index (χ3v) is 4.94. The molecule has 1 atom stereocenters. The molecule has 0 spiro atoms. The van der Waals surface area contributed by atoms with E-state index in [-0.39, 0.29) is 11.5 Å². The predicted octanol–water partition coefficient (Wildman–Crippen LogP) is 1.41. The zero-order valence-corrected chi connectivity index (χ0v) is 14.7. The summed E-state index contributed by atoms with van der Waals surface area (Å²) in [6, 6.07) is 13.1. The van der Waals surface area contributed by atoms with Gasteiger partial charge in [0.15, 0.2) is 0 Å². The SMILES string of the molecule is CC(C(=O)N1CCN(c2ccccc2)CC1)n1ncn2cccc2c1=O. The fourth-order valence-corrected chi connectivity index (χ4v) is 3.43. The number of fused-ring (bicyclic) bond motifs is 1. The molecule has 7 heteroatoms. The molecular formula is C19H21N5O2. The number of hydrogen-bond donors (Lipinski definition) is 0. The lowest BCUT2D eigenvalue weighted by molar-refractivity contribution is -0.135. The van der Waals surface area contributed by atoms with Gasteiger partial charge in [0.25, 0.3) is 5.56 Å². The summed E-state index contributed by atoms with van der Waals surface area (Å²) < 4.78 is 2.94. The Hall–Kier alpha value is -3.09. The summed E-state index contributed by atoms with van der Waals surface area (Å²) in [6.07, 6.45) is 3.33. The molecule has 1 saturated heterocycles. The maximum Gasteiger partial charge on any atom is 0.291 e. The van der Waals surface area contributed by atoms with Crippen molar-refractivity contribution >= 4 is 17.1 Å². The average Bonchev–Trinajstić information content (AvgIpc) is 3.18. The molecule has 3 heterocycles. The first kappa shape index (κ1) is 16.4. The largest absolute Gasteiger partial charge is 0.368 e. The molecule has 1 fully saturated rings. The van der Waals surface area contributed by atoms with E-state index >= 15 is 0 Å². The van der Waals surface area contributed by atoms with Gasteiger partial charge < -0.3 is 14.2 Å². The minimum atomic E-state index is -0.620. The number of carbonyl (C=O) groups excluding carboxylic acids is 1. The van der Waals surface area contributed by atoms with E-state index in [1.165, 1.54) is 10.4 Å². The van der Waals surface area contributed by atoms with Crippen LogP contribution in [0.5, 0.6) is 0 Å². The molecule has 1 aliphatic heterocycles. The van der Waals surface area contributed by atoms with Gasteiger partial charge >= 0.3 is 0 Å². The average molecular weight is 351 g/mol. The Morgan fingerprint density at radius 1 is 1.04 bits per heavy atom. The highest BCUT2D eigenvalue weighted by Gasteiger charge is 2.27. The predicted molar refractivity (Wildman–Crippen MR) is 99.4 cm³/mol. The quantitative estimate of drug-likeness (QED) is 0.716. The smallest absolute Gasteiger partial charge is 0.291 e. The molecule has 0 saturated carbocycles. The lowest BCUT2D eigenvalue weighted by Crippen LogP contribution is -2.51. The van der Waals surface area contributed by atoms with E-state index in [2.05, 4.69) is 22.1 Å². The first-order chi connectivity index (χ1) is 12.6. The van der Waals surface area contributed by atoms with E-state index in [0.717, 1.165) is 13.1 Å². The van der Waals surface area contributed by atoms with Crippen LogP contribution < -0.4 is 10.5 Å². The molecule has 0 radical (unpaired) electrons. The van der Waals surface area contributed by atoms with Crippen molar-refractivity contribution < 1.29 is 4.79 Å². The highest BCUT2D eigenvalue weighted by atomic mass is 16.2. The van der Waals surface area contributed by atoms with Crippen LogP contribution in [0.2, 0.25) is 0 Å². The minimum absolute atomic E-state index is 0.0665. The molecule has 4 rings (SSSR count). The van der Waals surface area contributed by atoms with Gasteiger partial charge in [-0.05, 0) is 31.2 Å². The summed E-state index contributed by atoms with van der Waals surface area (Å²) in [6.45, 7) is 4.57.